The number of nitrogens with two attached hydrogens (primary N) is 1. The Morgan fingerprint density at radius 2 is 1.71 bits per heavy atom. The maximum absolute atomic E-state index is 6.13. The lowest BCUT2D eigenvalue weighted by Gasteiger charge is -2.39. The highest BCUT2D eigenvalue weighted by Crippen LogP contribution is 2.50. The second-order valence-corrected chi connectivity index (χ2v) is 5.62. The maximum Gasteiger partial charge on any atom is 0.00645 e. The third kappa shape index (κ3) is 1.98. The van der Waals surface area contributed by atoms with Crippen LogP contribution >= 0.6 is 0 Å². The van der Waals surface area contributed by atoms with Crippen LogP contribution in [0.15, 0.2) is 0 Å². The van der Waals surface area contributed by atoms with Gasteiger partial charge in [-0.3, -0.25) is 0 Å². The molecule has 0 aromatic rings. The predicted octanol–water partition coefficient (Wildman–Crippen LogP) is 3.47. The van der Waals surface area contributed by atoms with Crippen molar-refractivity contribution in [2.24, 2.45) is 17.1 Å². The van der Waals surface area contributed by atoms with Crippen LogP contribution in [0.5, 0.6) is 0 Å². The third-order valence-electron chi connectivity index (χ3n) is 4.83. The number of hydrogen-bond donors (Lipinski definition) is 1. The highest BCUT2D eigenvalue weighted by molar-refractivity contribution is 4.91. The zero-order valence-electron chi connectivity index (χ0n) is 9.60. The van der Waals surface area contributed by atoms with Crippen LogP contribution in [0.2, 0.25) is 0 Å². The fourth-order valence-electron chi connectivity index (χ4n) is 3.64. The Balaban J connectivity index is 1.85. The van der Waals surface area contributed by atoms with Crippen molar-refractivity contribution in [3.8, 4) is 0 Å². The number of rotatable bonds is 2. The summed E-state index contributed by atoms with van der Waals surface area (Å²) in [5, 5.41) is 0. The quantitative estimate of drug-likeness (QED) is 0.717. The summed E-state index contributed by atoms with van der Waals surface area (Å²) in [7, 11) is 0. The van der Waals surface area contributed by atoms with Crippen LogP contribution in [0.1, 0.15) is 64.7 Å². The van der Waals surface area contributed by atoms with Crippen LogP contribution in [0.25, 0.3) is 0 Å². The largest absolute Gasteiger partial charge is 0.327 e. The van der Waals surface area contributed by atoms with Crippen LogP contribution < -0.4 is 5.73 Å². The van der Waals surface area contributed by atoms with Crippen LogP contribution in [0, 0.1) is 11.3 Å². The molecule has 1 heteroatoms. The van der Waals surface area contributed by atoms with Crippen LogP contribution in [0.3, 0.4) is 0 Å². The van der Waals surface area contributed by atoms with Gasteiger partial charge >= 0.3 is 0 Å². The van der Waals surface area contributed by atoms with Crippen LogP contribution in [-0.4, -0.2) is 6.04 Å². The second kappa shape index (κ2) is 4.22. The first kappa shape index (κ1) is 10.5. The van der Waals surface area contributed by atoms with E-state index in [9.17, 15) is 0 Å². The van der Waals surface area contributed by atoms with E-state index < -0.39 is 0 Å². The maximum atomic E-state index is 6.13. The topological polar surface area (TPSA) is 26.0 Å². The summed E-state index contributed by atoms with van der Waals surface area (Å²) in [5.41, 5.74) is 6.92. The first-order chi connectivity index (χ1) is 6.76. The van der Waals surface area contributed by atoms with Gasteiger partial charge in [0.25, 0.3) is 0 Å². The summed E-state index contributed by atoms with van der Waals surface area (Å²) in [4.78, 5) is 0. The average Bonchev–Trinajstić information content (AvgIpc) is 2.67. The van der Waals surface area contributed by atoms with Crippen LogP contribution in [-0.2, 0) is 0 Å². The zero-order chi connectivity index (χ0) is 10.0. The van der Waals surface area contributed by atoms with Gasteiger partial charge in [-0.15, -0.1) is 0 Å². The van der Waals surface area contributed by atoms with Gasteiger partial charge in [0.15, 0.2) is 0 Å². The minimum absolute atomic E-state index is 0.480. The minimum Gasteiger partial charge on any atom is -0.327 e. The molecule has 0 aromatic carbocycles. The fourth-order valence-corrected chi connectivity index (χ4v) is 3.64. The van der Waals surface area contributed by atoms with Crippen molar-refractivity contribution in [3.05, 3.63) is 0 Å². The minimum atomic E-state index is 0.480. The molecule has 14 heavy (non-hydrogen) atoms. The molecule has 0 radical (unpaired) electrons. The van der Waals surface area contributed by atoms with E-state index in [4.69, 9.17) is 5.73 Å². The van der Waals surface area contributed by atoms with E-state index in [2.05, 4.69) is 6.92 Å². The monoisotopic (exact) mass is 195 g/mol. The number of hydrogen-bond acceptors (Lipinski definition) is 1. The zero-order valence-corrected chi connectivity index (χ0v) is 9.60. The Labute approximate surface area is 88.4 Å². The smallest absolute Gasteiger partial charge is 0.00645 e. The third-order valence-corrected chi connectivity index (χ3v) is 4.83. The summed E-state index contributed by atoms with van der Waals surface area (Å²) in [6.07, 6.45) is 13.0. The van der Waals surface area contributed by atoms with Crippen LogP contribution in [0.4, 0.5) is 0 Å². The van der Waals surface area contributed by atoms with E-state index >= 15 is 0 Å². The SMILES string of the molecule is CCC(N)C1CCC2(CCCC2)CC1. The van der Waals surface area contributed by atoms with E-state index in [-0.39, 0.29) is 0 Å². The molecule has 2 fully saturated rings. The predicted molar refractivity (Wildman–Crippen MR) is 61.1 cm³/mol. The van der Waals surface area contributed by atoms with Crippen molar-refractivity contribution in [2.75, 3.05) is 0 Å². The molecule has 0 saturated heterocycles. The van der Waals surface area contributed by atoms with E-state index in [0.29, 0.717) is 6.04 Å². The van der Waals surface area contributed by atoms with Gasteiger partial charge in [-0.05, 0) is 56.3 Å². The van der Waals surface area contributed by atoms with E-state index in [0.717, 1.165) is 17.8 Å². The first-order valence-corrected chi connectivity index (χ1v) is 6.51. The lowest BCUT2D eigenvalue weighted by Crippen LogP contribution is -2.35. The van der Waals surface area contributed by atoms with Gasteiger partial charge in [0.2, 0.25) is 0 Å². The second-order valence-electron chi connectivity index (χ2n) is 5.62. The van der Waals surface area contributed by atoms with E-state index in [1.54, 1.807) is 0 Å². The van der Waals surface area contributed by atoms with Crippen molar-refractivity contribution < 1.29 is 0 Å². The normalized spacial score (nSPS) is 29.6. The summed E-state index contributed by atoms with van der Waals surface area (Å²) >= 11 is 0. The molecule has 2 aliphatic rings. The van der Waals surface area contributed by atoms with Crippen molar-refractivity contribution >= 4 is 0 Å². The highest BCUT2D eigenvalue weighted by Gasteiger charge is 2.38. The Bertz CT molecular complexity index is 172. The molecule has 2 rings (SSSR count). The molecule has 2 saturated carbocycles. The molecule has 1 unspecified atom stereocenters. The Kier molecular flexibility index (Phi) is 3.16. The van der Waals surface area contributed by atoms with Gasteiger partial charge in [-0.1, -0.05) is 19.8 Å². The van der Waals surface area contributed by atoms with Gasteiger partial charge in [0.05, 0.1) is 0 Å². The molecule has 1 atom stereocenters. The van der Waals surface area contributed by atoms with Gasteiger partial charge < -0.3 is 5.73 Å². The lowest BCUT2D eigenvalue weighted by molar-refractivity contribution is 0.140. The van der Waals surface area contributed by atoms with Gasteiger partial charge in [0.1, 0.15) is 0 Å². The molecule has 0 heterocycles. The molecule has 82 valence electrons. The standard InChI is InChI=1S/C13H25N/c1-2-12(14)11-5-9-13(10-6-11)7-3-4-8-13/h11-12H,2-10,14H2,1H3. The molecule has 0 aliphatic heterocycles. The van der Waals surface area contributed by atoms with E-state index in [1.165, 1.54) is 51.4 Å². The molecule has 1 nitrogen and oxygen atoms in total. The molecular formula is C13H25N. The average molecular weight is 195 g/mol. The molecule has 2 N–H and O–H groups in total. The van der Waals surface area contributed by atoms with Gasteiger partial charge in [-0.25, -0.2) is 0 Å². The van der Waals surface area contributed by atoms with E-state index in [1.807, 2.05) is 0 Å². The summed E-state index contributed by atoms with van der Waals surface area (Å²) in [6, 6.07) is 0.480. The Morgan fingerprint density at radius 1 is 1.14 bits per heavy atom. The molecule has 0 bridgehead atoms. The van der Waals surface area contributed by atoms with Crippen molar-refractivity contribution in [1.82, 2.24) is 0 Å². The van der Waals surface area contributed by atoms with Crippen molar-refractivity contribution in [3.63, 3.8) is 0 Å². The molecule has 2 aliphatic carbocycles. The Morgan fingerprint density at radius 3 is 2.21 bits per heavy atom. The highest BCUT2D eigenvalue weighted by atomic mass is 14.7. The Hall–Kier alpha value is -0.0400. The summed E-state index contributed by atoms with van der Waals surface area (Å²) in [5.74, 6) is 0.839. The molecule has 1 spiro atoms. The molecule has 0 aromatic heterocycles. The van der Waals surface area contributed by atoms with Crippen molar-refractivity contribution in [2.45, 2.75) is 70.8 Å². The lowest BCUT2D eigenvalue weighted by atomic mass is 9.68. The fraction of sp³-hybridized carbons (Fsp3) is 1.00. The first-order valence-electron chi connectivity index (χ1n) is 6.51. The van der Waals surface area contributed by atoms with Gasteiger partial charge in [-0.2, -0.15) is 0 Å². The summed E-state index contributed by atoms with van der Waals surface area (Å²) in [6.45, 7) is 2.23. The summed E-state index contributed by atoms with van der Waals surface area (Å²) < 4.78 is 0. The molecular weight excluding hydrogens is 170 g/mol. The molecule has 0 amide bonds. The van der Waals surface area contributed by atoms with Gasteiger partial charge in [0, 0.05) is 6.04 Å². The van der Waals surface area contributed by atoms with Crippen molar-refractivity contribution in [1.29, 1.82) is 0 Å².